The van der Waals surface area contributed by atoms with Crippen LogP contribution < -0.4 is 0 Å². The highest BCUT2D eigenvalue weighted by Gasteiger charge is 2.43. The van der Waals surface area contributed by atoms with Crippen LogP contribution in [0.1, 0.15) is 72.6 Å². The number of aliphatic hydroxyl groups excluding tert-OH is 2. The van der Waals surface area contributed by atoms with Gasteiger partial charge in [0.05, 0.1) is 25.4 Å². The van der Waals surface area contributed by atoms with Crippen LogP contribution in [0.4, 0.5) is 0 Å². The monoisotopic (exact) mass is 407 g/mol. The number of hydrogen-bond donors (Lipinski definition) is 2. The molecule has 2 N–H and O–H groups in total. The average Bonchev–Trinajstić information content (AvgIpc) is 3.15. The molecule has 0 unspecified atom stereocenters. The van der Waals surface area contributed by atoms with Crippen molar-refractivity contribution in [3.05, 3.63) is 23.8 Å². The summed E-state index contributed by atoms with van der Waals surface area (Å²) in [6.07, 6.45) is 12.9. The summed E-state index contributed by atoms with van der Waals surface area (Å²) in [5, 5.41) is 20.6. The second kappa shape index (κ2) is 11.6. The molecule has 0 amide bonds. The first-order valence-electron chi connectivity index (χ1n) is 11.8. The van der Waals surface area contributed by atoms with E-state index in [1.165, 1.54) is 18.4 Å². The topological polar surface area (TPSA) is 52.9 Å². The fourth-order valence-electron chi connectivity index (χ4n) is 4.59. The summed E-state index contributed by atoms with van der Waals surface area (Å²) in [4.78, 5) is 2.32. The van der Waals surface area contributed by atoms with E-state index in [2.05, 4.69) is 51.8 Å². The summed E-state index contributed by atoms with van der Waals surface area (Å²) in [6.45, 7) is 11.3. The van der Waals surface area contributed by atoms with Crippen LogP contribution >= 0.6 is 0 Å². The zero-order chi connectivity index (χ0) is 21.4. The zero-order valence-corrected chi connectivity index (χ0v) is 19.4. The van der Waals surface area contributed by atoms with Gasteiger partial charge in [-0.2, -0.15) is 0 Å². The van der Waals surface area contributed by atoms with Crippen molar-refractivity contribution in [1.29, 1.82) is 0 Å². The first-order chi connectivity index (χ1) is 13.7. The maximum absolute atomic E-state index is 10.5. The Kier molecular flexibility index (Phi) is 9.87. The molecular formula is C25H45NO3. The van der Waals surface area contributed by atoms with Crippen molar-refractivity contribution in [2.75, 3.05) is 26.8 Å². The first-order valence-corrected chi connectivity index (χ1v) is 11.8. The molecule has 1 fully saturated rings. The summed E-state index contributed by atoms with van der Waals surface area (Å²) >= 11 is 0. The number of allylic oxidation sites excluding steroid dienone is 1. The molecule has 0 saturated heterocycles. The summed E-state index contributed by atoms with van der Waals surface area (Å²) in [7, 11) is 2.14. The molecule has 1 saturated carbocycles. The lowest BCUT2D eigenvalue weighted by Gasteiger charge is -2.31. The van der Waals surface area contributed by atoms with Crippen LogP contribution in [0.5, 0.6) is 0 Å². The van der Waals surface area contributed by atoms with Crippen LogP contribution in [0.2, 0.25) is 0 Å². The van der Waals surface area contributed by atoms with Gasteiger partial charge >= 0.3 is 0 Å². The molecule has 0 spiro atoms. The lowest BCUT2D eigenvalue weighted by molar-refractivity contribution is 0.0820. The third-order valence-corrected chi connectivity index (χ3v) is 6.89. The van der Waals surface area contributed by atoms with E-state index in [-0.39, 0.29) is 23.7 Å². The highest BCUT2D eigenvalue weighted by Crippen LogP contribution is 2.47. The van der Waals surface area contributed by atoms with Crippen LogP contribution in [0.15, 0.2) is 23.8 Å². The molecule has 5 atom stereocenters. The number of likely N-dealkylation sites (N-methyl/N-ethyl adjacent to an activating group) is 1. The summed E-state index contributed by atoms with van der Waals surface area (Å²) < 4.78 is 5.88. The lowest BCUT2D eigenvalue weighted by Crippen LogP contribution is -2.40. The number of nitrogens with zero attached hydrogens (tertiary/aromatic N) is 1. The number of aliphatic hydroxyl groups is 2. The molecule has 2 aliphatic rings. The van der Waals surface area contributed by atoms with Gasteiger partial charge < -0.3 is 14.9 Å². The Balaban J connectivity index is 1.71. The minimum absolute atomic E-state index is 0.177. The summed E-state index contributed by atoms with van der Waals surface area (Å²) in [5.41, 5.74) is 1.67. The van der Waals surface area contributed by atoms with Crippen molar-refractivity contribution in [3.63, 3.8) is 0 Å². The van der Waals surface area contributed by atoms with Crippen LogP contribution in [0.25, 0.3) is 0 Å². The van der Waals surface area contributed by atoms with E-state index in [0.717, 1.165) is 51.9 Å². The predicted molar refractivity (Wildman–Crippen MR) is 121 cm³/mol. The Morgan fingerprint density at radius 1 is 1.28 bits per heavy atom. The molecule has 4 nitrogen and oxygen atoms in total. The Morgan fingerprint density at radius 3 is 2.72 bits per heavy atom. The van der Waals surface area contributed by atoms with E-state index in [1.54, 1.807) is 0 Å². The molecule has 2 rings (SSSR count). The van der Waals surface area contributed by atoms with Crippen molar-refractivity contribution < 1.29 is 14.9 Å². The number of hydrogen-bond acceptors (Lipinski definition) is 4. The molecular weight excluding hydrogens is 362 g/mol. The quantitative estimate of drug-likeness (QED) is 0.368. The third kappa shape index (κ3) is 7.82. The molecule has 2 aliphatic carbocycles. The molecule has 0 heterocycles. The van der Waals surface area contributed by atoms with Crippen LogP contribution in [-0.2, 0) is 4.74 Å². The fraction of sp³-hybridized carbons (Fsp3) is 0.840. The van der Waals surface area contributed by atoms with Gasteiger partial charge in [0, 0.05) is 18.0 Å². The largest absolute Gasteiger partial charge is 0.392 e. The molecule has 0 bridgehead atoms. The van der Waals surface area contributed by atoms with Crippen molar-refractivity contribution in [1.82, 2.24) is 4.90 Å². The van der Waals surface area contributed by atoms with E-state index < -0.39 is 0 Å². The Labute approximate surface area is 179 Å². The van der Waals surface area contributed by atoms with Crippen molar-refractivity contribution >= 4 is 0 Å². The van der Waals surface area contributed by atoms with E-state index in [1.807, 2.05) is 6.08 Å². The van der Waals surface area contributed by atoms with Gasteiger partial charge in [-0.3, -0.25) is 4.90 Å². The first kappa shape index (κ1) is 24.6. The second-order valence-electron chi connectivity index (χ2n) is 10.1. The number of unbranched alkanes of at least 4 members (excludes halogenated alkanes) is 2. The Bertz CT molecular complexity index is 537. The van der Waals surface area contributed by atoms with Gasteiger partial charge in [-0.1, -0.05) is 50.0 Å². The third-order valence-electron chi connectivity index (χ3n) is 6.89. The van der Waals surface area contributed by atoms with Crippen LogP contribution in [0, 0.1) is 17.8 Å². The summed E-state index contributed by atoms with van der Waals surface area (Å²) in [5.74, 6) is 1.15. The predicted octanol–water partition coefficient (Wildman–Crippen LogP) is 4.56. The highest BCUT2D eigenvalue weighted by molar-refractivity contribution is 5.21. The Hall–Kier alpha value is -0.680. The summed E-state index contributed by atoms with van der Waals surface area (Å²) in [6, 6.07) is 0. The second-order valence-corrected chi connectivity index (χ2v) is 10.1. The lowest BCUT2D eigenvalue weighted by atomic mass is 9.88. The highest BCUT2D eigenvalue weighted by atomic mass is 16.5. The zero-order valence-electron chi connectivity index (χ0n) is 19.4. The molecule has 0 aromatic carbocycles. The van der Waals surface area contributed by atoms with E-state index in [0.29, 0.717) is 11.8 Å². The van der Waals surface area contributed by atoms with Crippen molar-refractivity contribution in [2.45, 2.75) is 90.4 Å². The van der Waals surface area contributed by atoms with Crippen LogP contribution in [-0.4, -0.2) is 59.7 Å². The molecule has 0 aromatic heterocycles. The average molecular weight is 408 g/mol. The van der Waals surface area contributed by atoms with Crippen LogP contribution in [0.3, 0.4) is 0 Å². The van der Waals surface area contributed by atoms with Gasteiger partial charge in [-0.15, -0.1) is 0 Å². The standard InChI is InChI=1S/C25H45NO3/c1-6-7-8-9-21(27)10-11-22-23-17-19(16-20(23)18-24(22)28)12-14-29-15-13-26(5)25(2,3)4/h10-11,16,20-24,27-28H,6-9,12-15,17-18H2,1-5H3/b11-10+/t20-,21-,22+,23-,24+/m0/s1. The van der Waals surface area contributed by atoms with Gasteiger partial charge in [0.2, 0.25) is 0 Å². The fourth-order valence-corrected chi connectivity index (χ4v) is 4.59. The van der Waals surface area contributed by atoms with E-state index >= 15 is 0 Å². The molecule has 0 aliphatic heterocycles. The van der Waals surface area contributed by atoms with Crippen molar-refractivity contribution in [3.8, 4) is 0 Å². The van der Waals surface area contributed by atoms with Gasteiger partial charge in [0.1, 0.15) is 0 Å². The van der Waals surface area contributed by atoms with E-state index in [4.69, 9.17) is 4.74 Å². The molecule has 168 valence electrons. The number of fused-ring (bicyclic) bond motifs is 1. The minimum Gasteiger partial charge on any atom is -0.392 e. The van der Waals surface area contributed by atoms with Gasteiger partial charge in [0.15, 0.2) is 0 Å². The van der Waals surface area contributed by atoms with Gasteiger partial charge in [-0.25, -0.2) is 0 Å². The molecule has 0 aromatic rings. The smallest absolute Gasteiger partial charge is 0.0721 e. The Morgan fingerprint density at radius 2 is 2.03 bits per heavy atom. The van der Waals surface area contributed by atoms with Gasteiger partial charge in [0.25, 0.3) is 0 Å². The number of rotatable bonds is 12. The minimum atomic E-state index is -0.374. The number of ether oxygens (including phenoxy) is 1. The van der Waals surface area contributed by atoms with E-state index in [9.17, 15) is 10.2 Å². The molecule has 0 radical (unpaired) electrons. The molecule has 29 heavy (non-hydrogen) atoms. The maximum atomic E-state index is 10.5. The SMILES string of the molecule is CCCCC[C@H](O)/C=C/[C@@H]1[C@H]2CC(CCOCCN(C)C(C)(C)C)=C[C@H]2C[C@H]1O. The van der Waals surface area contributed by atoms with Gasteiger partial charge in [-0.05, 0) is 65.3 Å². The van der Waals surface area contributed by atoms with Crippen molar-refractivity contribution in [2.24, 2.45) is 17.8 Å². The maximum Gasteiger partial charge on any atom is 0.0721 e. The normalized spacial score (nSPS) is 28.3. The molecule has 4 heteroatoms.